The van der Waals surface area contributed by atoms with Gasteiger partial charge in [0.25, 0.3) is 0 Å². The van der Waals surface area contributed by atoms with Gasteiger partial charge in [-0.05, 0) is 56.2 Å². The first-order chi connectivity index (χ1) is 12.2. The van der Waals surface area contributed by atoms with Crippen molar-refractivity contribution in [1.29, 1.82) is 0 Å². The highest BCUT2D eigenvalue weighted by Gasteiger charge is 2.29. The van der Waals surface area contributed by atoms with Gasteiger partial charge in [-0.15, -0.1) is 24.0 Å². The Labute approximate surface area is 176 Å². The Morgan fingerprint density at radius 2 is 1.92 bits per heavy atom. The number of hydrogen-bond acceptors (Lipinski definition) is 2. The molecule has 3 rings (SSSR count). The third-order valence-corrected chi connectivity index (χ3v) is 5.92. The molecule has 0 spiro atoms. The molecule has 2 aliphatic heterocycles. The van der Waals surface area contributed by atoms with Crippen LogP contribution in [0.25, 0.3) is 0 Å². The first kappa shape index (κ1) is 21.5. The van der Waals surface area contributed by atoms with Crippen molar-refractivity contribution in [2.24, 2.45) is 16.8 Å². The van der Waals surface area contributed by atoms with Crippen LogP contribution in [0.2, 0.25) is 0 Å². The summed E-state index contributed by atoms with van der Waals surface area (Å²) in [5, 5.41) is 3.65. The van der Waals surface area contributed by atoms with Crippen molar-refractivity contribution >= 4 is 29.9 Å². The predicted molar refractivity (Wildman–Crippen MR) is 122 cm³/mol. The van der Waals surface area contributed by atoms with Gasteiger partial charge in [-0.2, -0.15) is 0 Å². The number of halogens is 1. The summed E-state index contributed by atoms with van der Waals surface area (Å²) >= 11 is 0. The summed E-state index contributed by atoms with van der Waals surface area (Å²) in [6.07, 6.45) is 3.86. The van der Waals surface area contributed by atoms with E-state index in [1.54, 1.807) is 0 Å². The van der Waals surface area contributed by atoms with E-state index in [9.17, 15) is 0 Å². The monoisotopic (exact) mass is 470 g/mol. The number of guanidine groups is 1. The van der Waals surface area contributed by atoms with Crippen molar-refractivity contribution < 1.29 is 0 Å². The number of piperidine rings is 2. The van der Waals surface area contributed by atoms with E-state index in [2.05, 4.69) is 64.4 Å². The smallest absolute Gasteiger partial charge is 0.193 e. The fraction of sp³-hybridized carbons (Fsp3) is 0.667. The largest absolute Gasteiger partial charge is 0.356 e. The van der Waals surface area contributed by atoms with Crippen LogP contribution < -0.4 is 5.32 Å². The molecule has 0 radical (unpaired) electrons. The van der Waals surface area contributed by atoms with Crippen LogP contribution in [-0.2, 0) is 0 Å². The fourth-order valence-corrected chi connectivity index (χ4v) is 4.54. The molecule has 26 heavy (non-hydrogen) atoms. The Morgan fingerprint density at radius 3 is 2.58 bits per heavy atom. The number of rotatable bonds is 3. The van der Waals surface area contributed by atoms with E-state index in [0.29, 0.717) is 11.8 Å². The van der Waals surface area contributed by atoms with Crippen molar-refractivity contribution in [3.63, 3.8) is 0 Å². The van der Waals surface area contributed by atoms with Gasteiger partial charge < -0.3 is 15.1 Å². The van der Waals surface area contributed by atoms with E-state index in [-0.39, 0.29) is 24.0 Å². The first-order valence-corrected chi connectivity index (χ1v) is 9.86. The Hall–Kier alpha value is -0.820. The van der Waals surface area contributed by atoms with Crippen molar-refractivity contribution in [3.8, 4) is 0 Å². The highest BCUT2D eigenvalue weighted by molar-refractivity contribution is 14.0. The standard InChI is InChI=1S/C21H34N4.HI/c1-17-15-25(13-11-20(17)19-9-5-4-6-10-19)21(22-2)23-14-18-8-7-12-24(3)16-18;/h4-6,9-10,17-18,20H,7-8,11-16H2,1-3H3,(H,22,23);1H. The van der Waals surface area contributed by atoms with E-state index >= 15 is 0 Å². The third-order valence-electron chi connectivity index (χ3n) is 5.92. The van der Waals surface area contributed by atoms with Crippen molar-refractivity contribution in [3.05, 3.63) is 35.9 Å². The second kappa shape index (κ2) is 10.5. The SMILES string of the molecule is CN=C(NCC1CCCN(C)C1)N1CCC(c2ccccc2)C(C)C1.I. The molecule has 2 aliphatic rings. The summed E-state index contributed by atoms with van der Waals surface area (Å²) in [4.78, 5) is 9.47. The van der Waals surface area contributed by atoms with Gasteiger partial charge in [0.2, 0.25) is 0 Å². The number of nitrogens with zero attached hydrogens (tertiary/aromatic N) is 3. The van der Waals surface area contributed by atoms with Gasteiger partial charge in [-0.1, -0.05) is 37.3 Å². The molecule has 2 saturated heterocycles. The molecule has 5 heteroatoms. The molecular weight excluding hydrogens is 435 g/mol. The molecule has 1 aromatic carbocycles. The van der Waals surface area contributed by atoms with Gasteiger partial charge >= 0.3 is 0 Å². The Kier molecular flexibility index (Phi) is 8.67. The third kappa shape index (κ3) is 5.59. The van der Waals surface area contributed by atoms with Crippen LogP contribution >= 0.6 is 24.0 Å². The van der Waals surface area contributed by atoms with Gasteiger partial charge in [0.05, 0.1) is 0 Å². The zero-order valence-electron chi connectivity index (χ0n) is 16.5. The van der Waals surface area contributed by atoms with E-state index < -0.39 is 0 Å². The van der Waals surface area contributed by atoms with E-state index in [1.165, 1.54) is 37.9 Å². The van der Waals surface area contributed by atoms with Crippen LogP contribution in [0.4, 0.5) is 0 Å². The molecule has 3 atom stereocenters. The molecule has 0 saturated carbocycles. The minimum atomic E-state index is 0. The Balaban J connectivity index is 0.00000243. The van der Waals surface area contributed by atoms with Crippen LogP contribution in [0.3, 0.4) is 0 Å². The molecule has 1 aromatic rings. The lowest BCUT2D eigenvalue weighted by molar-refractivity contribution is 0.205. The molecule has 146 valence electrons. The summed E-state index contributed by atoms with van der Waals surface area (Å²) in [7, 11) is 4.15. The molecule has 4 nitrogen and oxygen atoms in total. The van der Waals surface area contributed by atoms with Gasteiger partial charge in [0.15, 0.2) is 5.96 Å². The van der Waals surface area contributed by atoms with Gasteiger partial charge in [-0.25, -0.2) is 0 Å². The van der Waals surface area contributed by atoms with Crippen LogP contribution in [0.1, 0.15) is 37.7 Å². The number of hydrogen-bond donors (Lipinski definition) is 1. The average molecular weight is 470 g/mol. The van der Waals surface area contributed by atoms with Gasteiger partial charge in [0, 0.05) is 33.2 Å². The number of benzene rings is 1. The Morgan fingerprint density at radius 1 is 1.15 bits per heavy atom. The fourth-order valence-electron chi connectivity index (χ4n) is 4.54. The quantitative estimate of drug-likeness (QED) is 0.416. The zero-order valence-corrected chi connectivity index (χ0v) is 18.9. The highest BCUT2D eigenvalue weighted by atomic mass is 127. The molecule has 2 fully saturated rings. The summed E-state index contributed by atoms with van der Waals surface area (Å²) < 4.78 is 0. The Bertz CT molecular complexity index is 562. The normalized spacial score (nSPS) is 27.7. The van der Waals surface area contributed by atoms with Crippen LogP contribution in [0.5, 0.6) is 0 Å². The summed E-state index contributed by atoms with van der Waals surface area (Å²) in [6, 6.07) is 11.0. The second-order valence-electron chi connectivity index (χ2n) is 7.93. The van der Waals surface area contributed by atoms with Crippen LogP contribution in [0, 0.1) is 11.8 Å². The number of nitrogens with one attached hydrogen (secondary N) is 1. The minimum absolute atomic E-state index is 0. The molecule has 0 bridgehead atoms. The highest BCUT2D eigenvalue weighted by Crippen LogP contribution is 2.32. The molecule has 3 unspecified atom stereocenters. The van der Waals surface area contributed by atoms with E-state index in [0.717, 1.165) is 31.5 Å². The molecule has 2 heterocycles. The molecule has 0 aromatic heterocycles. The van der Waals surface area contributed by atoms with Crippen LogP contribution in [-0.4, -0.2) is 62.6 Å². The summed E-state index contributed by atoms with van der Waals surface area (Å²) in [6.45, 7) is 8.06. The number of aliphatic imine (C=N–C) groups is 1. The van der Waals surface area contributed by atoms with E-state index in [4.69, 9.17) is 0 Å². The van der Waals surface area contributed by atoms with E-state index in [1.807, 2.05) is 7.05 Å². The lowest BCUT2D eigenvalue weighted by Crippen LogP contribution is -2.49. The second-order valence-corrected chi connectivity index (χ2v) is 7.93. The lowest BCUT2D eigenvalue weighted by atomic mass is 9.82. The summed E-state index contributed by atoms with van der Waals surface area (Å²) in [5.74, 6) is 3.15. The molecule has 1 N–H and O–H groups in total. The zero-order chi connectivity index (χ0) is 17.6. The van der Waals surface area contributed by atoms with Crippen molar-refractivity contribution in [2.75, 3.05) is 46.8 Å². The van der Waals surface area contributed by atoms with Crippen LogP contribution in [0.15, 0.2) is 35.3 Å². The average Bonchev–Trinajstić information content (AvgIpc) is 2.63. The minimum Gasteiger partial charge on any atom is -0.356 e. The molecule has 0 amide bonds. The summed E-state index contributed by atoms with van der Waals surface area (Å²) in [5.41, 5.74) is 1.49. The molecule has 0 aliphatic carbocycles. The van der Waals surface area contributed by atoms with Gasteiger partial charge in [0.1, 0.15) is 0 Å². The maximum atomic E-state index is 4.57. The number of likely N-dealkylation sites (tertiary alicyclic amines) is 2. The predicted octanol–water partition coefficient (Wildman–Crippen LogP) is 3.65. The van der Waals surface area contributed by atoms with Gasteiger partial charge in [-0.3, -0.25) is 4.99 Å². The van der Waals surface area contributed by atoms with Crippen molar-refractivity contribution in [2.45, 2.75) is 32.1 Å². The lowest BCUT2D eigenvalue weighted by Gasteiger charge is -2.39. The first-order valence-electron chi connectivity index (χ1n) is 9.86. The maximum Gasteiger partial charge on any atom is 0.193 e. The van der Waals surface area contributed by atoms with Crippen molar-refractivity contribution in [1.82, 2.24) is 15.1 Å². The molecular formula is C21H35IN4. The maximum absolute atomic E-state index is 4.57. The topological polar surface area (TPSA) is 30.9 Å².